The zero-order chi connectivity index (χ0) is 16.5. The first-order valence-corrected chi connectivity index (χ1v) is 8.24. The van der Waals surface area contributed by atoms with Gasteiger partial charge in [-0.1, -0.05) is 48.8 Å². The number of alkyl halides is 1. The number of nitro benzene ring substituents is 1. The molecule has 1 aromatic rings. The van der Waals surface area contributed by atoms with E-state index in [-0.39, 0.29) is 23.3 Å². The number of benzene rings is 1. The summed E-state index contributed by atoms with van der Waals surface area (Å²) in [7, 11) is 0. The van der Waals surface area contributed by atoms with Gasteiger partial charge in [-0.25, -0.2) is 0 Å². The van der Waals surface area contributed by atoms with Crippen LogP contribution in [0.25, 0.3) is 6.08 Å². The number of hydrogen-bond donors (Lipinski definition) is 0. The van der Waals surface area contributed by atoms with Crippen molar-refractivity contribution >= 4 is 33.5 Å². The monoisotopic (exact) mass is 365 g/mol. The highest BCUT2D eigenvalue weighted by molar-refractivity contribution is 9.10. The quantitative estimate of drug-likeness (QED) is 0.335. The van der Waals surface area contributed by atoms with E-state index in [0.717, 1.165) is 18.4 Å². The van der Waals surface area contributed by atoms with Gasteiger partial charge in [0, 0.05) is 17.7 Å². The molecule has 0 N–H and O–H groups in total. The van der Waals surface area contributed by atoms with E-state index >= 15 is 0 Å². The van der Waals surface area contributed by atoms with E-state index in [0.29, 0.717) is 5.56 Å². The molecular formula is C17H20BrNO3. The summed E-state index contributed by atoms with van der Waals surface area (Å²) in [4.78, 5) is 23.3. The Kier molecular flexibility index (Phi) is 4.85. The number of nitro groups is 1. The van der Waals surface area contributed by atoms with E-state index in [1.54, 1.807) is 18.2 Å². The van der Waals surface area contributed by atoms with Crippen molar-refractivity contribution in [2.45, 2.75) is 37.9 Å². The van der Waals surface area contributed by atoms with E-state index in [1.165, 1.54) is 12.1 Å². The van der Waals surface area contributed by atoms with Gasteiger partial charge in [-0.05, 0) is 36.3 Å². The van der Waals surface area contributed by atoms with Crippen LogP contribution in [-0.4, -0.2) is 15.0 Å². The maximum atomic E-state index is 12.9. The first-order chi connectivity index (χ1) is 10.3. The van der Waals surface area contributed by atoms with Crippen LogP contribution < -0.4 is 0 Å². The van der Waals surface area contributed by atoms with E-state index < -0.39 is 9.25 Å². The van der Waals surface area contributed by atoms with E-state index in [9.17, 15) is 14.9 Å². The average Bonchev–Trinajstić information content (AvgIpc) is 2.48. The number of carbonyl (C=O) groups excluding carboxylic acids is 1. The maximum absolute atomic E-state index is 12.9. The molecule has 0 aromatic heterocycles. The second kappa shape index (κ2) is 6.32. The van der Waals surface area contributed by atoms with Crippen molar-refractivity contribution in [1.82, 2.24) is 0 Å². The van der Waals surface area contributed by atoms with Crippen LogP contribution in [0.1, 0.15) is 39.2 Å². The Morgan fingerprint density at radius 3 is 2.73 bits per heavy atom. The second-order valence-corrected chi connectivity index (χ2v) is 7.65. The Labute approximate surface area is 138 Å². The fourth-order valence-corrected chi connectivity index (χ4v) is 3.28. The summed E-state index contributed by atoms with van der Waals surface area (Å²) in [5, 5.41) is 10.9. The third kappa shape index (κ3) is 3.14. The van der Waals surface area contributed by atoms with Crippen LogP contribution in [0.3, 0.4) is 0 Å². The molecule has 0 radical (unpaired) electrons. The lowest BCUT2D eigenvalue weighted by Gasteiger charge is -2.38. The van der Waals surface area contributed by atoms with Gasteiger partial charge in [-0.15, -0.1) is 0 Å². The van der Waals surface area contributed by atoms with Crippen LogP contribution in [-0.2, 0) is 4.79 Å². The van der Waals surface area contributed by atoms with Crippen LogP contribution in [0.5, 0.6) is 0 Å². The van der Waals surface area contributed by atoms with Gasteiger partial charge >= 0.3 is 0 Å². The molecular weight excluding hydrogens is 346 g/mol. The third-order valence-corrected chi connectivity index (χ3v) is 6.10. The predicted molar refractivity (Wildman–Crippen MR) is 91.0 cm³/mol. The van der Waals surface area contributed by atoms with Gasteiger partial charge in [0.1, 0.15) is 0 Å². The smallest absolute Gasteiger partial charge is 0.270 e. The number of ketones is 1. The molecule has 1 aliphatic carbocycles. The molecule has 1 fully saturated rings. The number of halogens is 1. The highest BCUT2D eigenvalue weighted by atomic mass is 79.9. The summed E-state index contributed by atoms with van der Waals surface area (Å²) in [6, 6.07) is 6.40. The van der Waals surface area contributed by atoms with Crippen molar-refractivity contribution in [3.63, 3.8) is 0 Å². The van der Waals surface area contributed by atoms with Crippen molar-refractivity contribution < 1.29 is 9.72 Å². The maximum Gasteiger partial charge on any atom is 0.270 e. The van der Waals surface area contributed by atoms with Gasteiger partial charge in [-0.3, -0.25) is 14.9 Å². The molecule has 0 amide bonds. The van der Waals surface area contributed by atoms with Crippen LogP contribution in [0, 0.1) is 22.0 Å². The first kappa shape index (κ1) is 16.9. The van der Waals surface area contributed by atoms with Crippen molar-refractivity contribution in [2.24, 2.45) is 11.8 Å². The van der Waals surface area contributed by atoms with Crippen LogP contribution in [0.15, 0.2) is 29.8 Å². The van der Waals surface area contributed by atoms with E-state index in [4.69, 9.17) is 0 Å². The normalized spacial score (nSPS) is 27.4. The standard InChI is InChI=1S/C17H20BrNO3/c1-11(2)17(18)8-7-12(3)15(16(17)20)10-13-5-4-6-14(9-13)19(21)22/h4-6,9-12H,7-8H2,1-3H3/b15-10+/t12-,17+/m0/s1. The summed E-state index contributed by atoms with van der Waals surface area (Å²) in [6.45, 7) is 6.11. The Balaban J connectivity index is 2.42. The minimum Gasteiger partial charge on any atom is -0.293 e. The second-order valence-electron chi connectivity index (χ2n) is 6.24. The Morgan fingerprint density at radius 1 is 1.45 bits per heavy atom. The molecule has 2 rings (SSSR count). The van der Waals surface area contributed by atoms with Gasteiger partial charge in [0.15, 0.2) is 5.78 Å². The van der Waals surface area contributed by atoms with Crippen LogP contribution in [0.2, 0.25) is 0 Å². The van der Waals surface area contributed by atoms with Gasteiger partial charge in [-0.2, -0.15) is 0 Å². The molecule has 1 saturated carbocycles. The molecule has 0 bridgehead atoms. The minimum atomic E-state index is -0.522. The summed E-state index contributed by atoms with van der Waals surface area (Å²) < 4.78 is -0.522. The zero-order valence-corrected chi connectivity index (χ0v) is 14.6. The Morgan fingerprint density at radius 2 is 2.14 bits per heavy atom. The Hall–Kier alpha value is -1.49. The zero-order valence-electron chi connectivity index (χ0n) is 13.0. The molecule has 0 heterocycles. The summed E-state index contributed by atoms with van der Waals surface area (Å²) in [6.07, 6.45) is 3.55. The summed E-state index contributed by atoms with van der Waals surface area (Å²) in [5.74, 6) is 0.463. The van der Waals surface area contributed by atoms with Crippen LogP contribution in [0.4, 0.5) is 5.69 Å². The average molecular weight is 366 g/mol. The van der Waals surface area contributed by atoms with Gasteiger partial charge in [0.25, 0.3) is 5.69 Å². The van der Waals surface area contributed by atoms with Crippen molar-refractivity contribution in [3.05, 3.63) is 45.5 Å². The van der Waals surface area contributed by atoms with Gasteiger partial charge in [0.2, 0.25) is 0 Å². The van der Waals surface area contributed by atoms with Crippen molar-refractivity contribution in [3.8, 4) is 0 Å². The SMILES string of the molecule is CC(C)[C@]1(Br)CC[C@H](C)/C(=C\c2cccc([N+](=O)[O-])c2)C1=O. The molecule has 118 valence electrons. The number of non-ortho nitro benzene ring substituents is 1. The van der Waals surface area contributed by atoms with Gasteiger partial charge in [0.05, 0.1) is 9.25 Å². The predicted octanol–water partition coefficient (Wildman–Crippen LogP) is 4.77. The molecule has 0 aliphatic heterocycles. The van der Waals surface area contributed by atoms with Crippen molar-refractivity contribution in [2.75, 3.05) is 0 Å². The number of carbonyl (C=O) groups is 1. The number of Topliss-reactive ketones (excluding diaryl/α,β-unsaturated/α-hetero) is 1. The number of allylic oxidation sites excluding steroid dienone is 1. The highest BCUT2D eigenvalue weighted by Gasteiger charge is 2.44. The fourth-order valence-electron chi connectivity index (χ4n) is 2.83. The minimum absolute atomic E-state index is 0.0410. The fraction of sp³-hybridized carbons (Fsp3) is 0.471. The summed E-state index contributed by atoms with van der Waals surface area (Å²) >= 11 is 3.65. The third-order valence-electron chi connectivity index (χ3n) is 4.43. The highest BCUT2D eigenvalue weighted by Crippen LogP contribution is 2.44. The van der Waals surface area contributed by atoms with E-state index in [1.807, 2.05) is 20.8 Å². The molecule has 1 aromatic carbocycles. The summed E-state index contributed by atoms with van der Waals surface area (Å²) in [5.41, 5.74) is 1.49. The lowest BCUT2D eigenvalue weighted by atomic mass is 9.73. The van der Waals surface area contributed by atoms with Crippen LogP contribution >= 0.6 is 15.9 Å². The molecule has 0 unspecified atom stereocenters. The molecule has 4 nitrogen and oxygen atoms in total. The van der Waals surface area contributed by atoms with Crippen molar-refractivity contribution in [1.29, 1.82) is 0 Å². The topological polar surface area (TPSA) is 60.2 Å². The molecule has 0 spiro atoms. The largest absolute Gasteiger partial charge is 0.293 e. The molecule has 2 atom stereocenters. The lowest BCUT2D eigenvalue weighted by Crippen LogP contribution is -2.43. The number of hydrogen-bond acceptors (Lipinski definition) is 3. The number of nitrogens with zero attached hydrogens (tertiary/aromatic N) is 1. The number of rotatable bonds is 3. The van der Waals surface area contributed by atoms with E-state index in [2.05, 4.69) is 15.9 Å². The molecule has 1 aliphatic rings. The molecule has 5 heteroatoms. The lowest BCUT2D eigenvalue weighted by molar-refractivity contribution is -0.384. The molecule has 22 heavy (non-hydrogen) atoms. The molecule has 0 saturated heterocycles. The first-order valence-electron chi connectivity index (χ1n) is 7.45. The Bertz CT molecular complexity index is 639. The van der Waals surface area contributed by atoms with Gasteiger partial charge < -0.3 is 0 Å².